The number of nitrogens with two attached hydrogens (primary N) is 4. The van der Waals surface area contributed by atoms with E-state index >= 15 is 0 Å². The monoisotopic (exact) mass is 673 g/mol. The number of carbonyl (C=O) groups is 1. The highest BCUT2D eigenvalue weighted by Crippen LogP contribution is 2.38. The summed E-state index contributed by atoms with van der Waals surface area (Å²) in [5, 5.41) is 73.6. The minimum absolute atomic E-state index is 0.00837. The number of carbonyl (C=O) groups excluding carboxylic acids is 1. The molecule has 2 heterocycles. The third kappa shape index (κ3) is 8.70. The highest BCUT2D eigenvalue weighted by Gasteiger charge is 2.55. The van der Waals surface area contributed by atoms with Crippen molar-refractivity contribution in [1.82, 2.24) is 21.3 Å². The quantitative estimate of drug-likeness (QED) is 0.0640. The number of aliphatic hydroxyl groups excluding tert-OH is 3. The van der Waals surface area contributed by atoms with E-state index in [9.17, 15) is 30.3 Å². The van der Waals surface area contributed by atoms with Crippen molar-refractivity contribution in [2.24, 2.45) is 28.9 Å². The fraction of sp³-hybridized carbons (Fsp3) is 0.862. The molecule has 4 rings (SSSR count). The van der Waals surface area contributed by atoms with Gasteiger partial charge in [0.2, 0.25) is 0 Å². The molecule has 47 heavy (non-hydrogen) atoms. The summed E-state index contributed by atoms with van der Waals surface area (Å²) < 4.78 is 18.2. The highest BCUT2D eigenvalue weighted by atomic mass is 16.7. The van der Waals surface area contributed by atoms with Gasteiger partial charge in [0, 0.05) is 43.4 Å². The number of hydrogen-bond donors (Lipinski definition) is 14. The van der Waals surface area contributed by atoms with Crippen LogP contribution < -0.4 is 44.2 Å². The van der Waals surface area contributed by atoms with E-state index in [2.05, 4.69) is 21.3 Å². The summed E-state index contributed by atoms with van der Waals surface area (Å²) in [6.45, 7) is 2.28. The third-order valence-corrected chi connectivity index (χ3v) is 9.73. The Morgan fingerprint density at radius 2 is 1.89 bits per heavy atom. The summed E-state index contributed by atoms with van der Waals surface area (Å²) in [6, 6.07) is -3.41. The van der Waals surface area contributed by atoms with Crippen LogP contribution in [0.3, 0.4) is 0 Å². The Bertz CT molecular complexity index is 1110. The second-order valence-corrected chi connectivity index (χ2v) is 13.7. The Labute approximate surface area is 274 Å². The second-order valence-electron chi connectivity index (χ2n) is 13.7. The first-order valence-corrected chi connectivity index (χ1v) is 16.2. The molecule has 2 aliphatic carbocycles. The van der Waals surface area contributed by atoms with Crippen molar-refractivity contribution in [3.05, 3.63) is 11.8 Å². The van der Waals surface area contributed by atoms with Gasteiger partial charge in [-0.05, 0) is 45.9 Å². The summed E-state index contributed by atoms with van der Waals surface area (Å²) in [7, 11) is 1.58. The molecule has 4 aliphatic rings. The van der Waals surface area contributed by atoms with Crippen LogP contribution in [0.5, 0.6) is 0 Å². The first-order chi connectivity index (χ1) is 22.1. The van der Waals surface area contributed by atoms with Crippen LogP contribution in [0.2, 0.25) is 0 Å². The van der Waals surface area contributed by atoms with Gasteiger partial charge in [0.05, 0.1) is 37.4 Å². The van der Waals surface area contributed by atoms with E-state index < -0.39 is 84.0 Å². The smallest absolute Gasteiger partial charge is 0.252 e. The normalized spacial score (nSPS) is 42.8. The van der Waals surface area contributed by atoms with Crippen LogP contribution in [-0.4, -0.2) is 149 Å². The number of amides is 1. The molecule has 2 unspecified atom stereocenters. The van der Waals surface area contributed by atoms with Crippen LogP contribution in [0.25, 0.3) is 0 Å². The lowest BCUT2D eigenvalue weighted by atomic mass is 9.71. The maximum atomic E-state index is 13.4. The van der Waals surface area contributed by atoms with Gasteiger partial charge in [-0.25, -0.2) is 0 Å². The average molecular weight is 674 g/mol. The molecule has 0 bridgehead atoms. The molecule has 2 aliphatic heterocycles. The van der Waals surface area contributed by atoms with E-state index in [0.29, 0.717) is 38.2 Å². The molecule has 0 spiro atoms. The number of likely N-dealkylation sites (N-methyl/N-ethyl adjacent to an activating group) is 1. The average Bonchev–Trinajstić information content (AvgIpc) is 2.96. The summed E-state index contributed by atoms with van der Waals surface area (Å²) in [5.41, 5.74) is 20.9. The Morgan fingerprint density at radius 1 is 1.19 bits per heavy atom. The first kappa shape index (κ1) is 37.6. The number of aliphatic hydroxyl groups is 5. The minimum Gasteiger partial charge on any atom is -0.492 e. The van der Waals surface area contributed by atoms with Crippen molar-refractivity contribution in [2.75, 3.05) is 33.3 Å². The van der Waals surface area contributed by atoms with Crippen LogP contribution in [0, 0.1) is 11.3 Å². The second kappa shape index (κ2) is 15.6. The molecule has 12 atom stereocenters. The number of rotatable bonds is 13. The van der Waals surface area contributed by atoms with Crippen LogP contribution in [0.1, 0.15) is 39.0 Å². The maximum Gasteiger partial charge on any atom is 0.252 e. The minimum atomic E-state index is -1.75. The predicted octanol–water partition coefficient (Wildman–Crippen LogP) is -5.70. The van der Waals surface area contributed by atoms with Crippen molar-refractivity contribution >= 4 is 11.9 Å². The van der Waals surface area contributed by atoms with Crippen LogP contribution in [0.15, 0.2) is 11.8 Å². The van der Waals surface area contributed by atoms with E-state index in [-0.39, 0.29) is 37.9 Å². The van der Waals surface area contributed by atoms with E-state index in [4.69, 9.17) is 42.6 Å². The van der Waals surface area contributed by atoms with Gasteiger partial charge in [-0.2, -0.15) is 0 Å². The molecule has 0 aromatic carbocycles. The summed E-state index contributed by atoms with van der Waals surface area (Å²) >= 11 is 0. The van der Waals surface area contributed by atoms with Crippen LogP contribution >= 0.6 is 0 Å². The fourth-order valence-corrected chi connectivity index (χ4v) is 7.18. The van der Waals surface area contributed by atoms with Gasteiger partial charge in [-0.1, -0.05) is 0 Å². The fourth-order valence-electron chi connectivity index (χ4n) is 7.18. The molecular weight excluding hydrogens is 618 g/mol. The van der Waals surface area contributed by atoms with Crippen LogP contribution in [-0.2, 0) is 19.0 Å². The predicted molar refractivity (Wildman–Crippen MR) is 169 cm³/mol. The zero-order valence-electron chi connectivity index (χ0n) is 27.0. The molecule has 3 fully saturated rings. The molecule has 0 radical (unpaired) electrons. The van der Waals surface area contributed by atoms with E-state index in [0.717, 1.165) is 0 Å². The molecule has 270 valence electrons. The Hall–Kier alpha value is -2.20. The summed E-state index contributed by atoms with van der Waals surface area (Å²) in [6.07, 6.45) is -3.79. The van der Waals surface area contributed by atoms with E-state index in [1.54, 1.807) is 7.05 Å². The molecule has 18 nitrogen and oxygen atoms in total. The Kier molecular flexibility index (Phi) is 12.5. The number of guanidine groups is 1. The van der Waals surface area contributed by atoms with Crippen molar-refractivity contribution in [1.29, 1.82) is 5.41 Å². The van der Waals surface area contributed by atoms with Gasteiger partial charge in [0.1, 0.15) is 35.3 Å². The van der Waals surface area contributed by atoms with Crippen molar-refractivity contribution in [3.8, 4) is 0 Å². The summed E-state index contributed by atoms with van der Waals surface area (Å²) in [5.74, 6) is -1.20. The van der Waals surface area contributed by atoms with Crippen molar-refractivity contribution in [3.63, 3.8) is 0 Å². The number of hydrogen-bond acceptors (Lipinski definition) is 15. The number of nitrogens with one attached hydrogen (secondary N) is 5. The molecule has 1 saturated heterocycles. The van der Waals surface area contributed by atoms with Gasteiger partial charge in [0.15, 0.2) is 12.2 Å². The lowest BCUT2D eigenvalue weighted by Gasteiger charge is -2.51. The van der Waals surface area contributed by atoms with E-state index in [1.165, 1.54) is 6.92 Å². The Morgan fingerprint density at radius 3 is 2.53 bits per heavy atom. The van der Waals surface area contributed by atoms with E-state index in [1.807, 2.05) is 6.08 Å². The standard InChI is InChI=1S/C29H55N9O9/c1-28(43)12-45-25(21(41)24(28)35-2)47-23-18(38-26(42)29(44)8-13(9-29)37-27(33)34)7-17(32)19(20(23)40)22-16(31)4-3-15(46-22)11-36-10-14(39)5-6-30/h3,13-14,16-25,35-36,39-41,43-44H,4-12,30-32H2,1-2H3,(H,38,42)(H4,33,34,37)/t13?,14?,16-,17+,18-,19?,20+,21-,22+,23+,24-,25-,28+,29?/m1/s1. The number of ether oxygens (including phenoxy) is 3. The molecule has 1 amide bonds. The zero-order chi connectivity index (χ0) is 34.7. The molecule has 2 saturated carbocycles. The largest absolute Gasteiger partial charge is 0.492 e. The molecule has 18 heteroatoms. The van der Waals surface area contributed by atoms with Crippen molar-refractivity contribution < 1.29 is 44.5 Å². The highest BCUT2D eigenvalue weighted by molar-refractivity contribution is 5.87. The zero-order valence-corrected chi connectivity index (χ0v) is 27.0. The first-order valence-electron chi connectivity index (χ1n) is 16.2. The van der Waals surface area contributed by atoms with Gasteiger partial charge in [-0.15, -0.1) is 0 Å². The van der Waals surface area contributed by atoms with Gasteiger partial charge in [-0.3, -0.25) is 10.2 Å². The topological polar surface area (TPSA) is 322 Å². The molecule has 0 aromatic heterocycles. The molecular formula is C29H55N9O9. The Balaban J connectivity index is 1.52. The third-order valence-electron chi connectivity index (χ3n) is 9.73. The SMILES string of the molecule is CN[C@@H]1[C@@H](O)[C@@H](O[C@H]2[C@H](NC(=O)C3(O)CC(NC(=N)N)C3)C[C@H](N)C([C@H]3OC(CNCC(O)CCN)=CC[C@H]3N)[C@@H]2O)OC[C@]1(C)O. The molecule has 18 N–H and O–H groups in total. The van der Waals surface area contributed by atoms with Crippen LogP contribution in [0.4, 0.5) is 0 Å². The summed E-state index contributed by atoms with van der Waals surface area (Å²) in [4.78, 5) is 13.4. The van der Waals surface area contributed by atoms with Crippen molar-refractivity contribution in [2.45, 2.75) is 117 Å². The lowest BCUT2D eigenvalue weighted by molar-refractivity contribution is -0.297. The molecule has 0 aromatic rings. The van der Waals surface area contributed by atoms with Gasteiger partial charge >= 0.3 is 0 Å². The maximum absolute atomic E-state index is 13.4. The lowest BCUT2D eigenvalue weighted by Crippen LogP contribution is -2.71. The van der Waals surface area contributed by atoms with Gasteiger partial charge < -0.3 is 83.9 Å². The van der Waals surface area contributed by atoms with Gasteiger partial charge in [0.25, 0.3) is 5.91 Å².